The van der Waals surface area contributed by atoms with Gasteiger partial charge in [-0.25, -0.2) is 0 Å². The largest absolute Gasteiger partial charge is 0.461 e. The van der Waals surface area contributed by atoms with Crippen molar-refractivity contribution in [3.63, 3.8) is 0 Å². The molecular formula is C18H24N4O4S. The van der Waals surface area contributed by atoms with E-state index in [2.05, 4.69) is 15.5 Å². The summed E-state index contributed by atoms with van der Waals surface area (Å²) in [6.45, 7) is 4.20. The van der Waals surface area contributed by atoms with Gasteiger partial charge in [0.25, 0.3) is 5.91 Å². The van der Waals surface area contributed by atoms with Crippen LogP contribution in [0.5, 0.6) is 0 Å². The minimum atomic E-state index is -0.804. The number of ether oxygens (including phenoxy) is 1. The van der Waals surface area contributed by atoms with Crippen molar-refractivity contribution >= 4 is 23.6 Å². The smallest absolute Gasteiger partial charge is 0.317 e. The van der Waals surface area contributed by atoms with Gasteiger partial charge in [0.1, 0.15) is 0 Å². The van der Waals surface area contributed by atoms with Gasteiger partial charge in [-0.05, 0) is 38.8 Å². The topological polar surface area (TPSA) is 99.2 Å². The number of amides is 1. The normalized spacial score (nSPS) is 15.6. The highest BCUT2D eigenvalue weighted by atomic mass is 32.2. The van der Waals surface area contributed by atoms with Gasteiger partial charge in [-0.1, -0.05) is 24.6 Å². The van der Waals surface area contributed by atoms with E-state index in [4.69, 9.17) is 9.15 Å². The Hall–Kier alpha value is -2.29. The molecule has 146 valence electrons. The molecule has 1 atom stereocenters. The van der Waals surface area contributed by atoms with E-state index >= 15 is 0 Å². The van der Waals surface area contributed by atoms with Crippen LogP contribution in [0.3, 0.4) is 0 Å². The summed E-state index contributed by atoms with van der Waals surface area (Å²) >= 11 is 1.23. The number of nitrogens with zero attached hydrogens (tertiary/aromatic N) is 3. The SMILES string of the molecule is CCn1c(SCC(=O)O[C@H](C)C(=O)NC2CCCC2)nnc1-c1ccco1. The number of hydrogen-bond donors (Lipinski definition) is 1. The van der Waals surface area contributed by atoms with Crippen LogP contribution in [0.4, 0.5) is 0 Å². The lowest BCUT2D eigenvalue weighted by Gasteiger charge is -2.17. The monoisotopic (exact) mass is 392 g/mol. The molecule has 1 aliphatic rings. The van der Waals surface area contributed by atoms with Crippen LogP contribution < -0.4 is 5.32 Å². The maximum atomic E-state index is 12.1. The van der Waals surface area contributed by atoms with Crippen molar-refractivity contribution in [2.24, 2.45) is 0 Å². The zero-order valence-corrected chi connectivity index (χ0v) is 16.3. The molecule has 1 N–H and O–H groups in total. The summed E-state index contributed by atoms with van der Waals surface area (Å²) in [4.78, 5) is 24.2. The van der Waals surface area contributed by atoms with Crippen LogP contribution in [0, 0.1) is 0 Å². The molecule has 1 aliphatic carbocycles. The minimum absolute atomic E-state index is 0.0529. The Kier molecular flexibility index (Phi) is 6.54. The van der Waals surface area contributed by atoms with E-state index in [1.54, 1.807) is 19.3 Å². The van der Waals surface area contributed by atoms with Crippen LogP contribution in [-0.2, 0) is 20.9 Å². The van der Waals surface area contributed by atoms with E-state index in [0.29, 0.717) is 23.3 Å². The predicted molar refractivity (Wildman–Crippen MR) is 100 cm³/mol. The van der Waals surface area contributed by atoms with Gasteiger partial charge in [0, 0.05) is 12.6 Å². The molecule has 3 rings (SSSR count). The van der Waals surface area contributed by atoms with Crippen molar-refractivity contribution in [3.05, 3.63) is 18.4 Å². The quantitative estimate of drug-likeness (QED) is 0.544. The highest BCUT2D eigenvalue weighted by molar-refractivity contribution is 7.99. The van der Waals surface area contributed by atoms with E-state index in [-0.39, 0.29) is 17.7 Å². The van der Waals surface area contributed by atoms with Crippen molar-refractivity contribution < 1.29 is 18.7 Å². The Labute approximate surface area is 162 Å². The number of nitrogens with one attached hydrogen (secondary N) is 1. The molecule has 0 aliphatic heterocycles. The van der Waals surface area contributed by atoms with Gasteiger partial charge < -0.3 is 14.5 Å². The summed E-state index contributed by atoms with van der Waals surface area (Å²) in [6.07, 6.45) is 5.02. The summed E-state index contributed by atoms with van der Waals surface area (Å²) in [5, 5.41) is 11.8. The summed E-state index contributed by atoms with van der Waals surface area (Å²) in [7, 11) is 0. The lowest BCUT2D eigenvalue weighted by atomic mass is 10.2. The van der Waals surface area contributed by atoms with Gasteiger partial charge >= 0.3 is 5.97 Å². The van der Waals surface area contributed by atoms with Gasteiger partial charge in [-0.3, -0.25) is 14.2 Å². The molecule has 1 fully saturated rings. The maximum absolute atomic E-state index is 12.1. The number of esters is 1. The standard InChI is InChI=1S/C18H24N4O4S/c1-3-22-16(14-9-6-10-25-14)20-21-18(22)27-11-15(23)26-12(2)17(24)19-13-7-4-5-8-13/h6,9-10,12-13H,3-5,7-8,11H2,1-2H3,(H,19,24)/t12-/m1/s1. The molecule has 27 heavy (non-hydrogen) atoms. The molecule has 0 unspecified atom stereocenters. The second-order valence-corrected chi connectivity index (χ2v) is 7.38. The first kappa shape index (κ1) is 19.5. The fourth-order valence-electron chi connectivity index (χ4n) is 3.07. The molecule has 1 saturated carbocycles. The van der Waals surface area contributed by atoms with E-state index in [1.807, 2.05) is 17.6 Å². The summed E-state index contributed by atoms with van der Waals surface area (Å²) in [6, 6.07) is 3.80. The fraction of sp³-hybridized carbons (Fsp3) is 0.556. The molecular weight excluding hydrogens is 368 g/mol. The summed E-state index contributed by atoms with van der Waals surface area (Å²) in [5.41, 5.74) is 0. The first-order valence-electron chi connectivity index (χ1n) is 9.18. The van der Waals surface area contributed by atoms with Crippen LogP contribution in [0.25, 0.3) is 11.6 Å². The Balaban J connectivity index is 1.51. The summed E-state index contributed by atoms with van der Waals surface area (Å²) < 4.78 is 12.5. The zero-order valence-electron chi connectivity index (χ0n) is 15.5. The van der Waals surface area contributed by atoms with Crippen molar-refractivity contribution in [3.8, 4) is 11.6 Å². The molecule has 0 bridgehead atoms. The fourth-order valence-corrected chi connectivity index (χ4v) is 3.85. The van der Waals surface area contributed by atoms with Gasteiger partial charge in [-0.2, -0.15) is 0 Å². The van der Waals surface area contributed by atoms with Crippen molar-refractivity contribution in [2.75, 3.05) is 5.75 Å². The highest BCUT2D eigenvalue weighted by Gasteiger charge is 2.23. The zero-order chi connectivity index (χ0) is 19.2. The number of hydrogen-bond acceptors (Lipinski definition) is 7. The molecule has 0 saturated heterocycles. The van der Waals surface area contributed by atoms with Gasteiger partial charge in [0.05, 0.1) is 12.0 Å². The third kappa shape index (κ3) is 4.91. The van der Waals surface area contributed by atoms with Crippen molar-refractivity contribution in [1.82, 2.24) is 20.1 Å². The number of rotatable bonds is 8. The van der Waals surface area contributed by atoms with E-state index in [9.17, 15) is 9.59 Å². The van der Waals surface area contributed by atoms with Crippen LogP contribution >= 0.6 is 11.8 Å². The maximum Gasteiger partial charge on any atom is 0.317 e. The Bertz CT molecular complexity index is 768. The molecule has 2 heterocycles. The van der Waals surface area contributed by atoms with Crippen molar-refractivity contribution in [2.45, 2.75) is 63.4 Å². The summed E-state index contributed by atoms with van der Waals surface area (Å²) in [5.74, 6) is 0.590. The van der Waals surface area contributed by atoms with Crippen LogP contribution in [-0.4, -0.2) is 44.5 Å². The molecule has 8 nitrogen and oxygen atoms in total. The van der Waals surface area contributed by atoms with Gasteiger partial charge in [0.15, 0.2) is 22.8 Å². The Morgan fingerprint density at radius 1 is 1.41 bits per heavy atom. The van der Waals surface area contributed by atoms with E-state index in [0.717, 1.165) is 25.7 Å². The number of aromatic nitrogens is 3. The van der Waals surface area contributed by atoms with Gasteiger partial charge in [0.2, 0.25) is 0 Å². The van der Waals surface area contributed by atoms with Crippen LogP contribution in [0.15, 0.2) is 28.0 Å². The number of thioether (sulfide) groups is 1. The molecule has 2 aromatic rings. The van der Waals surface area contributed by atoms with Gasteiger partial charge in [-0.15, -0.1) is 10.2 Å². The lowest BCUT2D eigenvalue weighted by molar-refractivity contribution is -0.152. The average molecular weight is 392 g/mol. The van der Waals surface area contributed by atoms with Crippen molar-refractivity contribution in [1.29, 1.82) is 0 Å². The van der Waals surface area contributed by atoms with E-state index < -0.39 is 12.1 Å². The number of furan rings is 1. The van der Waals surface area contributed by atoms with E-state index in [1.165, 1.54) is 11.8 Å². The molecule has 2 aromatic heterocycles. The third-order valence-corrected chi connectivity index (χ3v) is 5.41. The molecule has 0 spiro atoms. The second-order valence-electron chi connectivity index (χ2n) is 6.44. The lowest BCUT2D eigenvalue weighted by Crippen LogP contribution is -2.41. The van der Waals surface area contributed by atoms with Crippen LogP contribution in [0.2, 0.25) is 0 Å². The van der Waals surface area contributed by atoms with Crippen LogP contribution in [0.1, 0.15) is 39.5 Å². The first-order valence-corrected chi connectivity index (χ1v) is 10.2. The molecule has 9 heteroatoms. The number of carbonyl (C=O) groups excluding carboxylic acids is 2. The molecule has 1 amide bonds. The second kappa shape index (κ2) is 9.07. The highest BCUT2D eigenvalue weighted by Crippen LogP contribution is 2.24. The predicted octanol–water partition coefficient (Wildman–Crippen LogP) is 2.64. The molecule has 0 radical (unpaired) electrons. The average Bonchev–Trinajstić information content (AvgIpc) is 3.40. The Morgan fingerprint density at radius 2 is 2.19 bits per heavy atom. The molecule has 0 aromatic carbocycles. The Morgan fingerprint density at radius 3 is 2.85 bits per heavy atom. The minimum Gasteiger partial charge on any atom is -0.461 e. The number of carbonyl (C=O) groups is 2. The first-order chi connectivity index (χ1) is 13.1. The third-order valence-electron chi connectivity index (χ3n) is 4.47.